The molecule has 0 aromatic heterocycles. The highest BCUT2D eigenvalue weighted by Gasteiger charge is 2.68. The average Bonchev–Trinajstić information content (AvgIpc) is 3.38. The third kappa shape index (κ3) is 8.30. The Bertz CT molecular complexity index is 1400. The van der Waals surface area contributed by atoms with E-state index in [0.717, 1.165) is 12.8 Å². The number of carbonyl (C=O) groups is 3. The van der Waals surface area contributed by atoms with Crippen LogP contribution in [0.15, 0.2) is 12.1 Å². The topological polar surface area (TPSA) is 143 Å². The van der Waals surface area contributed by atoms with Crippen molar-refractivity contribution in [1.29, 1.82) is 0 Å². The third-order valence-electron chi connectivity index (χ3n) is 10.8. The number of carbonyl (C=O) groups excluding carboxylic acids is 3. The quantitative estimate of drug-likeness (QED) is 0.226. The maximum absolute atomic E-state index is 14.1. The van der Waals surface area contributed by atoms with Gasteiger partial charge in [-0.15, -0.1) is 0 Å². The van der Waals surface area contributed by atoms with Crippen molar-refractivity contribution in [2.24, 2.45) is 29.1 Å². The van der Waals surface area contributed by atoms with Gasteiger partial charge < -0.3 is 44.2 Å². The molecule has 3 amide bonds. The number of ether oxygens (including phenoxy) is 4. The Hall–Kier alpha value is -3.19. The first-order valence-electron chi connectivity index (χ1n) is 18.0. The summed E-state index contributed by atoms with van der Waals surface area (Å²) in [4.78, 5) is 41.1. The fourth-order valence-electron chi connectivity index (χ4n) is 8.08. The summed E-state index contributed by atoms with van der Waals surface area (Å²) < 4.78 is 35.4. The fraction of sp³-hybridized carbons (Fsp3) is 0.757. The molecule has 5 rings (SSSR count). The van der Waals surface area contributed by atoms with Crippen molar-refractivity contribution in [2.75, 3.05) is 21.3 Å². The van der Waals surface area contributed by atoms with Crippen LogP contribution in [0.25, 0.3) is 0 Å². The summed E-state index contributed by atoms with van der Waals surface area (Å²) in [5.74, 6) is 0.789. The lowest BCUT2D eigenvalue weighted by atomic mass is 9.43. The van der Waals surface area contributed by atoms with Crippen LogP contribution in [0.3, 0.4) is 0 Å². The molecule has 1 aromatic carbocycles. The Morgan fingerprint density at radius 1 is 0.920 bits per heavy atom. The van der Waals surface area contributed by atoms with E-state index in [2.05, 4.69) is 50.6 Å². The predicted molar refractivity (Wildman–Crippen MR) is 191 cm³/mol. The molecule has 4 fully saturated rings. The van der Waals surface area contributed by atoms with Crippen LogP contribution in [0.4, 0.5) is 4.79 Å². The van der Waals surface area contributed by atoms with Gasteiger partial charge in [-0.1, -0.05) is 47.6 Å². The van der Waals surface area contributed by atoms with Gasteiger partial charge in [-0.25, -0.2) is 4.79 Å². The predicted octanol–water partition coefficient (Wildman–Crippen LogP) is 5.09. The van der Waals surface area contributed by atoms with Gasteiger partial charge in [-0.3, -0.25) is 9.59 Å². The number of rotatable bonds is 14. The summed E-state index contributed by atoms with van der Waals surface area (Å²) in [6.45, 7) is 19.9. The molecule has 0 spiro atoms. The van der Waals surface area contributed by atoms with E-state index in [4.69, 9.17) is 28.3 Å². The number of hydrogen-bond acceptors (Lipinski definition) is 9. The van der Waals surface area contributed by atoms with E-state index in [9.17, 15) is 14.4 Å². The van der Waals surface area contributed by atoms with Crippen LogP contribution in [-0.4, -0.2) is 81.7 Å². The first kappa shape index (κ1) is 39.6. The highest BCUT2D eigenvalue weighted by molar-refractivity contribution is 6.48. The molecule has 1 aliphatic heterocycles. The van der Waals surface area contributed by atoms with Crippen molar-refractivity contribution in [3.63, 3.8) is 0 Å². The monoisotopic (exact) mass is 701 g/mol. The Labute approximate surface area is 298 Å². The maximum Gasteiger partial charge on any atom is 0.481 e. The smallest absolute Gasteiger partial charge is 0.481 e. The molecule has 3 N–H and O–H groups in total. The molecule has 3 saturated carbocycles. The van der Waals surface area contributed by atoms with E-state index in [1.54, 1.807) is 32.9 Å². The Kier molecular flexibility index (Phi) is 12.0. The lowest BCUT2D eigenvalue weighted by Gasteiger charge is -2.64. The second kappa shape index (κ2) is 15.2. The van der Waals surface area contributed by atoms with Crippen LogP contribution in [0, 0.1) is 29.1 Å². The van der Waals surface area contributed by atoms with Crippen molar-refractivity contribution in [3.8, 4) is 17.2 Å². The van der Waals surface area contributed by atoms with E-state index in [1.807, 2.05) is 13.8 Å². The van der Waals surface area contributed by atoms with E-state index >= 15 is 0 Å². The Balaban J connectivity index is 1.55. The SMILES string of the molecule is COc1ccc(C[C@H](NC(=O)OC(C)(C)C)C(=O)N[C@H](C(=O)N[C@@H](CC(C)C)B2O[C@@H]3C[C@@H]4C[C@@H](C4(C)C)[C@]3(C)O2)C(C)C)c(OC)c1OC. The normalized spacial score (nSPS) is 25.5. The summed E-state index contributed by atoms with van der Waals surface area (Å²) in [7, 11) is 3.89. The molecule has 13 heteroatoms. The zero-order valence-corrected chi connectivity index (χ0v) is 32.4. The van der Waals surface area contributed by atoms with E-state index in [0.29, 0.717) is 41.1 Å². The van der Waals surface area contributed by atoms with Crippen LogP contribution >= 0.6 is 0 Å². The molecule has 1 saturated heterocycles. The van der Waals surface area contributed by atoms with Gasteiger partial charge >= 0.3 is 13.2 Å². The van der Waals surface area contributed by atoms with Crippen molar-refractivity contribution < 1.29 is 42.6 Å². The summed E-state index contributed by atoms with van der Waals surface area (Å²) in [5.41, 5.74) is -0.443. The minimum atomic E-state index is -1.13. The molecule has 280 valence electrons. The van der Waals surface area contributed by atoms with Gasteiger partial charge in [-0.05, 0) is 82.1 Å². The molecular weight excluding hydrogens is 641 g/mol. The van der Waals surface area contributed by atoms with Gasteiger partial charge in [0.15, 0.2) is 11.5 Å². The second-order valence-corrected chi connectivity index (χ2v) is 16.7. The number of benzene rings is 1. The number of methoxy groups -OCH3 is 3. The van der Waals surface area contributed by atoms with Crippen molar-refractivity contribution in [1.82, 2.24) is 16.0 Å². The summed E-state index contributed by atoms with van der Waals surface area (Å²) in [6, 6.07) is 1.40. The number of hydrogen-bond donors (Lipinski definition) is 3. The molecule has 1 heterocycles. The average molecular weight is 702 g/mol. The molecule has 0 radical (unpaired) electrons. The Morgan fingerprint density at radius 3 is 2.12 bits per heavy atom. The largest absolute Gasteiger partial charge is 0.493 e. The maximum atomic E-state index is 14.1. The lowest BCUT2D eigenvalue weighted by molar-refractivity contribution is -0.199. The standard InChI is InChI=1S/C37H60BN3O9/c1-20(2)16-28(38-49-27-19-23-18-26(36(23,8)9)37(27,10)50-38)40-33(43)29(21(3)4)41-32(42)24(39-34(44)48-35(5,6)7)17-22-14-15-25(45-11)31(47-13)30(22)46-12/h14-15,20-21,23-24,26-29H,16-19H2,1-13H3,(H,39,44)(H,40,43)(H,41,42)/t23-,24-,26-,27+,28-,29-,37-/m0/s1. The number of nitrogens with one attached hydrogen (secondary N) is 3. The van der Waals surface area contributed by atoms with Crippen LogP contribution < -0.4 is 30.2 Å². The summed E-state index contributed by atoms with van der Waals surface area (Å²) in [6.07, 6.45) is 1.93. The summed E-state index contributed by atoms with van der Waals surface area (Å²) >= 11 is 0. The van der Waals surface area contributed by atoms with E-state index in [-0.39, 0.29) is 35.7 Å². The van der Waals surface area contributed by atoms with Crippen LogP contribution in [0.2, 0.25) is 0 Å². The number of amides is 3. The van der Waals surface area contributed by atoms with Crippen molar-refractivity contribution in [2.45, 2.75) is 130 Å². The fourth-order valence-corrected chi connectivity index (χ4v) is 8.08. The van der Waals surface area contributed by atoms with Gasteiger partial charge in [0.25, 0.3) is 0 Å². The first-order chi connectivity index (χ1) is 23.2. The number of alkyl carbamates (subject to hydrolysis) is 1. The highest BCUT2D eigenvalue weighted by Crippen LogP contribution is 2.65. The van der Waals surface area contributed by atoms with Gasteiger partial charge in [-0.2, -0.15) is 0 Å². The molecule has 0 unspecified atom stereocenters. The van der Waals surface area contributed by atoms with E-state index in [1.165, 1.54) is 21.3 Å². The molecule has 4 aliphatic rings. The highest BCUT2D eigenvalue weighted by atomic mass is 16.7. The summed E-state index contributed by atoms with van der Waals surface area (Å²) in [5, 5.41) is 8.83. The minimum Gasteiger partial charge on any atom is -0.493 e. The zero-order chi connectivity index (χ0) is 37.3. The molecule has 2 bridgehead atoms. The molecule has 50 heavy (non-hydrogen) atoms. The molecule has 12 nitrogen and oxygen atoms in total. The van der Waals surface area contributed by atoms with Gasteiger partial charge in [0.05, 0.1) is 39.0 Å². The van der Waals surface area contributed by atoms with Crippen LogP contribution in [0.1, 0.15) is 94.1 Å². The zero-order valence-electron chi connectivity index (χ0n) is 32.4. The van der Waals surface area contributed by atoms with Gasteiger partial charge in [0, 0.05) is 12.0 Å². The lowest BCUT2D eigenvalue weighted by Crippen LogP contribution is -2.65. The van der Waals surface area contributed by atoms with Crippen LogP contribution in [-0.2, 0) is 30.1 Å². The van der Waals surface area contributed by atoms with Crippen molar-refractivity contribution in [3.05, 3.63) is 17.7 Å². The second-order valence-electron chi connectivity index (χ2n) is 16.7. The van der Waals surface area contributed by atoms with E-state index < -0.39 is 48.3 Å². The Morgan fingerprint density at radius 2 is 1.58 bits per heavy atom. The molecule has 7 atom stereocenters. The van der Waals surface area contributed by atoms with Gasteiger partial charge in [0.1, 0.15) is 17.7 Å². The molecule has 1 aromatic rings. The third-order valence-corrected chi connectivity index (χ3v) is 10.8. The van der Waals surface area contributed by atoms with Crippen LogP contribution in [0.5, 0.6) is 17.2 Å². The van der Waals surface area contributed by atoms with Crippen molar-refractivity contribution >= 4 is 25.0 Å². The minimum absolute atomic E-state index is 0.0131. The first-order valence-corrected chi connectivity index (χ1v) is 18.0. The van der Waals surface area contributed by atoms with Gasteiger partial charge in [0.2, 0.25) is 17.6 Å². The molecule has 3 aliphatic carbocycles. The molecular formula is C37H60BN3O9.